The van der Waals surface area contributed by atoms with Gasteiger partial charge in [0.1, 0.15) is 5.52 Å². The average Bonchev–Trinajstić information content (AvgIpc) is 3.26. The fraction of sp³-hybridized carbons (Fsp3) is 0.161. The maximum atomic E-state index is 13.9. The number of carbonyl (C=O) groups is 1. The Balaban J connectivity index is 1.52. The number of rotatable bonds is 9. The molecule has 5 rings (SSSR count). The largest absolute Gasteiger partial charge is 0.481 e. The normalized spacial score (nSPS) is 11.6. The Kier molecular flexibility index (Phi) is 7.36. The van der Waals surface area contributed by atoms with Crippen molar-refractivity contribution in [2.75, 3.05) is 5.32 Å². The van der Waals surface area contributed by atoms with Gasteiger partial charge in [0.15, 0.2) is 0 Å². The number of aliphatic carboxylic acids is 1. The molecule has 39 heavy (non-hydrogen) atoms. The number of alkyl halides is 3. The molecule has 0 aliphatic heterocycles. The van der Waals surface area contributed by atoms with E-state index in [1.54, 1.807) is 10.7 Å². The molecular formula is C31H26F3N3O2. The molecule has 0 spiro atoms. The van der Waals surface area contributed by atoms with E-state index in [0.29, 0.717) is 30.5 Å². The highest BCUT2D eigenvalue weighted by Gasteiger charge is 2.34. The number of hydrogen-bond donors (Lipinski definition) is 2. The third-order valence-corrected chi connectivity index (χ3v) is 6.46. The molecule has 5 aromatic rings. The van der Waals surface area contributed by atoms with E-state index in [0.717, 1.165) is 34.1 Å². The predicted molar refractivity (Wildman–Crippen MR) is 146 cm³/mol. The predicted octanol–water partition coefficient (Wildman–Crippen LogP) is 7.92. The molecule has 0 saturated carbocycles. The molecular weight excluding hydrogens is 503 g/mol. The molecule has 198 valence electrons. The molecule has 1 heterocycles. The molecule has 0 fully saturated rings. The van der Waals surface area contributed by atoms with Gasteiger partial charge in [0.05, 0.1) is 17.8 Å². The van der Waals surface area contributed by atoms with Crippen molar-refractivity contribution in [3.8, 4) is 11.3 Å². The lowest BCUT2D eigenvalue weighted by Gasteiger charge is -2.12. The molecule has 0 bridgehead atoms. The highest BCUT2D eigenvalue weighted by Crippen LogP contribution is 2.38. The van der Waals surface area contributed by atoms with Crippen LogP contribution in [0.3, 0.4) is 0 Å². The first-order valence-electron chi connectivity index (χ1n) is 12.6. The molecule has 0 radical (unpaired) electrons. The van der Waals surface area contributed by atoms with E-state index in [1.807, 2.05) is 78.9 Å². The topological polar surface area (TPSA) is 67.2 Å². The molecule has 0 atom stereocenters. The zero-order chi connectivity index (χ0) is 27.4. The van der Waals surface area contributed by atoms with Crippen LogP contribution < -0.4 is 5.32 Å². The zero-order valence-electron chi connectivity index (χ0n) is 20.9. The van der Waals surface area contributed by atoms with Crippen molar-refractivity contribution < 1.29 is 23.1 Å². The van der Waals surface area contributed by atoms with Gasteiger partial charge < -0.3 is 10.4 Å². The summed E-state index contributed by atoms with van der Waals surface area (Å²) in [5, 5.41) is 17.1. The minimum atomic E-state index is -4.53. The lowest BCUT2D eigenvalue weighted by Crippen LogP contribution is -2.06. The zero-order valence-corrected chi connectivity index (χ0v) is 20.9. The Hall–Kier alpha value is -4.59. The summed E-state index contributed by atoms with van der Waals surface area (Å²) in [4.78, 5) is 10.8. The SMILES string of the molecule is O=C(O)CCCc1cccc(Nc2cccc(-c3c4cccc(C(F)(F)F)c4nn3Cc3ccccc3)c2)c1. The summed E-state index contributed by atoms with van der Waals surface area (Å²) < 4.78 is 43.2. The number of aromatic nitrogens is 2. The summed E-state index contributed by atoms with van der Waals surface area (Å²) >= 11 is 0. The quantitative estimate of drug-likeness (QED) is 0.204. The van der Waals surface area contributed by atoms with E-state index in [1.165, 1.54) is 6.07 Å². The van der Waals surface area contributed by atoms with Crippen LogP contribution in [0.5, 0.6) is 0 Å². The molecule has 0 unspecified atom stereocenters. The molecule has 2 N–H and O–H groups in total. The van der Waals surface area contributed by atoms with Crippen LogP contribution in [0.15, 0.2) is 97.1 Å². The molecule has 0 saturated heterocycles. The van der Waals surface area contributed by atoms with E-state index in [9.17, 15) is 18.0 Å². The average molecular weight is 530 g/mol. The smallest absolute Gasteiger partial charge is 0.418 e. The monoisotopic (exact) mass is 529 g/mol. The summed E-state index contributed by atoms with van der Waals surface area (Å²) in [6, 6.07) is 28.9. The minimum Gasteiger partial charge on any atom is -0.481 e. The number of aryl methyl sites for hydroxylation is 1. The van der Waals surface area contributed by atoms with Gasteiger partial charge in [0.2, 0.25) is 0 Å². The van der Waals surface area contributed by atoms with Gasteiger partial charge in [-0.1, -0.05) is 66.7 Å². The molecule has 8 heteroatoms. The number of benzene rings is 4. The Morgan fingerprint density at radius 3 is 2.28 bits per heavy atom. The van der Waals surface area contributed by atoms with Crippen LogP contribution in [0.25, 0.3) is 22.2 Å². The summed E-state index contributed by atoms with van der Waals surface area (Å²) in [6.07, 6.45) is -3.22. The first-order chi connectivity index (χ1) is 18.8. The second-order valence-electron chi connectivity index (χ2n) is 9.34. The molecule has 0 aliphatic rings. The first-order valence-corrected chi connectivity index (χ1v) is 12.6. The first kappa shape index (κ1) is 26.0. The van der Waals surface area contributed by atoms with Crippen molar-refractivity contribution in [2.45, 2.75) is 32.0 Å². The van der Waals surface area contributed by atoms with Crippen LogP contribution in [-0.2, 0) is 23.9 Å². The fourth-order valence-corrected chi connectivity index (χ4v) is 4.72. The van der Waals surface area contributed by atoms with E-state index < -0.39 is 17.7 Å². The van der Waals surface area contributed by atoms with Gasteiger partial charge in [-0.3, -0.25) is 9.48 Å². The fourth-order valence-electron chi connectivity index (χ4n) is 4.72. The van der Waals surface area contributed by atoms with E-state index in [-0.39, 0.29) is 11.9 Å². The maximum absolute atomic E-state index is 13.9. The Morgan fingerprint density at radius 2 is 1.54 bits per heavy atom. The van der Waals surface area contributed by atoms with Gasteiger partial charge >= 0.3 is 12.1 Å². The van der Waals surface area contributed by atoms with Crippen LogP contribution >= 0.6 is 0 Å². The second kappa shape index (κ2) is 11.0. The van der Waals surface area contributed by atoms with Gasteiger partial charge in [-0.2, -0.15) is 18.3 Å². The van der Waals surface area contributed by atoms with Crippen molar-refractivity contribution in [1.82, 2.24) is 9.78 Å². The van der Waals surface area contributed by atoms with E-state index in [2.05, 4.69) is 10.4 Å². The summed E-state index contributed by atoms with van der Waals surface area (Å²) in [6.45, 7) is 0.318. The number of fused-ring (bicyclic) bond motifs is 1. The van der Waals surface area contributed by atoms with Crippen molar-refractivity contribution in [3.05, 3.63) is 114 Å². The standard InChI is InChI=1S/C31H26F3N3O2/c32-31(33,34)27-16-7-15-26-29(27)36-37(20-22-8-2-1-3-9-22)30(26)23-12-6-14-25(19-23)35-24-13-4-10-21(18-24)11-5-17-28(38)39/h1-4,6-10,12-16,18-19,35H,5,11,17,20H2,(H,38,39). The highest BCUT2D eigenvalue weighted by molar-refractivity contribution is 5.96. The van der Waals surface area contributed by atoms with Gasteiger partial charge in [0.25, 0.3) is 0 Å². The van der Waals surface area contributed by atoms with Crippen LogP contribution in [-0.4, -0.2) is 20.9 Å². The third kappa shape index (κ3) is 6.12. The van der Waals surface area contributed by atoms with Crippen LogP contribution in [0, 0.1) is 0 Å². The molecule has 0 amide bonds. The molecule has 1 aromatic heterocycles. The van der Waals surface area contributed by atoms with E-state index in [4.69, 9.17) is 5.11 Å². The number of hydrogen-bond acceptors (Lipinski definition) is 3. The van der Waals surface area contributed by atoms with Crippen molar-refractivity contribution in [3.63, 3.8) is 0 Å². The number of nitrogens with one attached hydrogen (secondary N) is 1. The molecule has 5 nitrogen and oxygen atoms in total. The van der Waals surface area contributed by atoms with E-state index >= 15 is 0 Å². The number of nitrogens with zero attached hydrogens (tertiary/aromatic N) is 2. The van der Waals surface area contributed by atoms with Gasteiger partial charge in [-0.25, -0.2) is 0 Å². The lowest BCUT2D eigenvalue weighted by molar-refractivity contribution is -0.137. The van der Waals surface area contributed by atoms with Crippen LogP contribution in [0.1, 0.15) is 29.5 Å². The lowest BCUT2D eigenvalue weighted by atomic mass is 10.0. The number of halogens is 3. The summed E-state index contributed by atoms with van der Waals surface area (Å²) in [7, 11) is 0. The molecule has 4 aromatic carbocycles. The Bertz CT molecular complexity index is 1610. The van der Waals surface area contributed by atoms with Crippen LogP contribution in [0.4, 0.5) is 24.5 Å². The Labute approximate surface area is 223 Å². The number of carboxylic acids is 1. The van der Waals surface area contributed by atoms with Crippen molar-refractivity contribution in [2.24, 2.45) is 0 Å². The van der Waals surface area contributed by atoms with Crippen molar-refractivity contribution >= 4 is 28.2 Å². The van der Waals surface area contributed by atoms with Crippen LogP contribution in [0.2, 0.25) is 0 Å². The third-order valence-electron chi connectivity index (χ3n) is 6.46. The van der Waals surface area contributed by atoms with Crippen molar-refractivity contribution in [1.29, 1.82) is 0 Å². The van der Waals surface area contributed by atoms with Gasteiger partial charge in [0, 0.05) is 28.7 Å². The highest BCUT2D eigenvalue weighted by atomic mass is 19.4. The minimum absolute atomic E-state index is 0.0802. The number of anilines is 2. The van der Waals surface area contributed by atoms with Gasteiger partial charge in [-0.15, -0.1) is 0 Å². The second-order valence-corrected chi connectivity index (χ2v) is 9.34. The number of carboxylic acid groups (broad SMARTS) is 1. The summed E-state index contributed by atoms with van der Waals surface area (Å²) in [5.74, 6) is -0.817. The summed E-state index contributed by atoms with van der Waals surface area (Å²) in [5.41, 5.74) is 4.04. The van der Waals surface area contributed by atoms with Gasteiger partial charge in [-0.05, 0) is 54.3 Å². The molecule has 0 aliphatic carbocycles. The Morgan fingerprint density at radius 1 is 0.846 bits per heavy atom. The maximum Gasteiger partial charge on any atom is 0.418 e.